The number of terminal acetylenes is 1. The highest BCUT2D eigenvalue weighted by atomic mass is 32.2. The minimum Gasteiger partial charge on any atom is -0.279 e. The molecule has 0 aliphatic rings. The lowest BCUT2D eigenvalue weighted by atomic mass is 10.2. The van der Waals surface area contributed by atoms with Gasteiger partial charge in [0.05, 0.1) is 16.9 Å². The molecule has 4 nitrogen and oxygen atoms in total. The van der Waals surface area contributed by atoms with E-state index < -0.39 is 10.0 Å². The van der Waals surface area contributed by atoms with Crippen LogP contribution in [0.1, 0.15) is 10.6 Å². The van der Waals surface area contributed by atoms with Gasteiger partial charge in [0.2, 0.25) is 0 Å². The highest BCUT2D eigenvalue weighted by molar-refractivity contribution is 7.94. The lowest BCUT2D eigenvalue weighted by molar-refractivity contribution is 0.603. The zero-order chi connectivity index (χ0) is 13.2. The molecule has 0 amide bonds. The number of anilines is 1. The molecule has 1 aromatic heterocycles. The molecule has 18 heavy (non-hydrogen) atoms. The van der Waals surface area contributed by atoms with Crippen LogP contribution in [0.3, 0.4) is 0 Å². The summed E-state index contributed by atoms with van der Waals surface area (Å²) in [5, 5.41) is 0.702. The van der Waals surface area contributed by atoms with Crippen molar-refractivity contribution in [2.45, 2.75) is 11.1 Å². The predicted octanol–water partition coefficient (Wildman–Crippen LogP) is 2.23. The van der Waals surface area contributed by atoms with Crippen LogP contribution < -0.4 is 4.72 Å². The first-order chi connectivity index (χ1) is 8.51. The van der Waals surface area contributed by atoms with Gasteiger partial charge in [-0.1, -0.05) is 12.0 Å². The topological polar surface area (TPSA) is 59.1 Å². The van der Waals surface area contributed by atoms with Gasteiger partial charge in [-0.3, -0.25) is 4.72 Å². The molecule has 1 aromatic carbocycles. The SMILES string of the molecule is C#Cc1cccc(NS(=O)(=O)c2cnc(C)s2)c1. The molecule has 1 N–H and O–H groups in total. The van der Waals surface area contributed by atoms with Crippen molar-refractivity contribution >= 4 is 27.0 Å². The Balaban J connectivity index is 2.31. The summed E-state index contributed by atoms with van der Waals surface area (Å²) < 4.78 is 26.7. The molecule has 0 aliphatic carbocycles. The fraction of sp³-hybridized carbons (Fsp3) is 0.0833. The maximum Gasteiger partial charge on any atom is 0.273 e. The van der Waals surface area contributed by atoms with Gasteiger partial charge in [-0.05, 0) is 25.1 Å². The van der Waals surface area contributed by atoms with Crippen LogP contribution in [0.5, 0.6) is 0 Å². The van der Waals surface area contributed by atoms with E-state index in [0.29, 0.717) is 16.3 Å². The summed E-state index contributed by atoms with van der Waals surface area (Å²) in [4.78, 5) is 3.93. The molecule has 0 radical (unpaired) electrons. The van der Waals surface area contributed by atoms with Gasteiger partial charge in [0.25, 0.3) is 10.0 Å². The summed E-state index contributed by atoms with van der Waals surface area (Å²) in [7, 11) is -3.58. The number of benzene rings is 1. The van der Waals surface area contributed by atoms with Gasteiger partial charge in [0.15, 0.2) is 4.21 Å². The van der Waals surface area contributed by atoms with E-state index in [0.717, 1.165) is 11.3 Å². The largest absolute Gasteiger partial charge is 0.279 e. The van der Waals surface area contributed by atoms with Crippen LogP contribution in [0.2, 0.25) is 0 Å². The highest BCUT2D eigenvalue weighted by Gasteiger charge is 2.17. The Kier molecular flexibility index (Phi) is 3.36. The average Bonchev–Trinajstić information content (AvgIpc) is 2.76. The normalized spacial score (nSPS) is 10.9. The smallest absolute Gasteiger partial charge is 0.273 e. The second-order valence-electron chi connectivity index (χ2n) is 3.53. The maximum atomic E-state index is 12.0. The number of nitrogens with one attached hydrogen (secondary N) is 1. The summed E-state index contributed by atoms with van der Waals surface area (Å²) in [6.45, 7) is 1.75. The van der Waals surface area contributed by atoms with Crippen molar-refractivity contribution in [1.82, 2.24) is 4.98 Å². The lowest BCUT2D eigenvalue weighted by Crippen LogP contribution is -2.11. The van der Waals surface area contributed by atoms with Gasteiger partial charge in [0, 0.05) is 5.56 Å². The van der Waals surface area contributed by atoms with Crippen LogP contribution in [-0.2, 0) is 10.0 Å². The number of nitrogens with zero attached hydrogens (tertiary/aromatic N) is 1. The van der Waals surface area contributed by atoms with E-state index in [9.17, 15) is 8.42 Å². The van der Waals surface area contributed by atoms with Gasteiger partial charge in [-0.15, -0.1) is 17.8 Å². The van der Waals surface area contributed by atoms with E-state index >= 15 is 0 Å². The van der Waals surface area contributed by atoms with Crippen LogP contribution in [0.15, 0.2) is 34.7 Å². The van der Waals surface area contributed by atoms with Gasteiger partial charge >= 0.3 is 0 Å². The molecule has 2 aromatic rings. The minimum atomic E-state index is -3.58. The number of hydrogen-bond acceptors (Lipinski definition) is 4. The quantitative estimate of drug-likeness (QED) is 0.876. The Hall–Kier alpha value is -1.84. The van der Waals surface area contributed by atoms with Crippen LogP contribution >= 0.6 is 11.3 Å². The summed E-state index contributed by atoms with van der Waals surface area (Å²) in [6, 6.07) is 6.68. The summed E-state index contributed by atoms with van der Waals surface area (Å²) in [5.41, 5.74) is 1.06. The van der Waals surface area contributed by atoms with E-state index in [-0.39, 0.29) is 4.21 Å². The van der Waals surface area contributed by atoms with E-state index in [1.165, 1.54) is 6.20 Å². The molecule has 2 rings (SSSR count). The van der Waals surface area contributed by atoms with E-state index in [2.05, 4.69) is 15.6 Å². The van der Waals surface area contributed by atoms with Gasteiger partial charge < -0.3 is 0 Å². The minimum absolute atomic E-state index is 0.186. The van der Waals surface area contributed by atoms with E-state index in [1.54, 1.807) is 31.2 Å². The molecule has 1 heterocycles. The monoisotopic (exact) mass is 278 g/mol. The number of rotatable bonds is 3. The number of aryl methyl sites for hydroxylation is 1. The van der Waals surface area contributed by atoms with Crippen LogP contribution in [0.25, 0.3) is 0 Å². The van der Waals surface area contributed by atoms with Crippen molar-refractivity contribution in [1.29, 1.82) is 0 Å². The summed E-state index contributed by atoms with van der Waals surface area (Å²) in [6.07, 6.45) is 6.60. The maximum absolute atomic E-state index is 12.0. The van der Waals surface area contributed by atoms with Crippen molar-refractivity contribution in [3.63, 3.8) is 0 Å². The first kappa shape index (κ1) is 12.6. The fourth-order valence-electron chi connectivity index (χ4n) is 1.34. The second-order valence-corrected chi connectivity index (χ2v) is 6.67. The Labute approximate surface area is 110 Å². The number of sulfonamides is 1. The van der Waals surface area contributed by atoms with Crippen molar-refractivity contribution in [2.24, 2.45) is 0 Å². The molecule has 0 fully saturated rings. The molecular formula is C12H10N2O2S2. The third-order valence-electron chi connectivity index (χ3n) is 2.15. The highest BCUT2D eigenvalue weighted by Crippen LogP contribution is 2.21. The Morgan fingerprint density at radius 3 is 2.83 bits per heavy atom. The van der Waals surface area contributed by atoms with Gasteiger partial charge in [0.1, 0.15) is 0 Å². The summed E-state index contributed by atoms with van der Waals surface area (Å²) in [5.74, 6) is 2.45. The van der Waals surface area contributed by atoms with Crippen LogP contribution in [0, 0.1) is 19.3 Å². The average molecular weight is 278 g/mol. The number of aromatic nitrogens is 1. The molecule has 0 saturated heterocycles. The van der Waals surface area contributed by atoms with Crippen molar-refractivity contribution in [2.75, 3.05) is 4.72 Å². The van der Waals surface area contributed by atoms with Crippen molar-refractivity contribution in [3.8, 4) is 12.3 Å². The molecule has 0 spiro atoms. The summed E-state index contributed by atoms with van der Waals surface area (Å²) >= 11 is 1.12. The molecule has 0 aliphatic heterocycles. The number of thiazole rings is 1. The molecule has 0 saturated carbocycles. The third-order valence-corrected chi connectivity index (χ3v) is 4.90. The third kappa shape index (κ3) is 2.70. The Morgan fingerprint density at radius 2 is 2.22 bits per heavy atom. The second kappa shape index (κ2) is 4.80. The predicted molar refractivity (Wildman–Crippen MR) is 72.0 cm³/mol. The molecular weight excluding hydrogens is 268 g/mol. The van der Waals surface area contributed by atoms with Gasteiger partial charge in [-0.25, -0.2) is 13.4 Å². The van der Waals surface area contributed by atoms with Crippen LogP contribution in [0.4, 0.5) is 5.69 Å². The lowest BCUT2D eigenvalue weighted by Gasteiger charge is -2.05. The standard InChI is InChI=1S/C12H10N2O2S2/c1-3-10-5-4-6-11(7-10)14-18(15,16)12-8-13-9(2)17-12/h1,4-8,14H,2H3. The zero-order valence-electron chi connectivity index (χ0n) is 9.54. The van der Waals surface area contributed by atoms with Crippen molar-refractivity contribution < 1.29 is 8.42 Å². The fourth-order valence-corrected chi connectivity index (χ4v) is 3.50. The van der Waals surface area contributed by atoms with Crippen LogP contribution in [-0.4, -0.2) is 13.4 Å². The Bertz CT molecular complexity index is 712. The van der Waals surface area contributed by atoms with E-state index in [4.69, 9.17) is 6.42 Å². The number of hydrogen-bond donors (Lipinski definition) is 1. The zero-order valence-corrected chi connectivity index (χ0v) is 11.2. The molecule has 0 unspecified atom stereocenters. The first-order valence-electron chi connectivity index (χ1n) is 5.03. The van der Waals surface area contributed by atoms with E-state index in [1.807, 2.05) is 0 Å². The van der Waals surface area contributed by atoms with Crippen molar-refractivity contribution in [3.05, 3.63) is 41.0 Å². The molecule has 0 atom stereocenters. The molecule has 6 heteroatoms. The molecule has 0 bridgehead atoms. The van der Waals surface area contributed by atoms with Gasteiger partial charge in [-0.2, -0.15) is 0 Å². The molecule has 92 valence electrons. The Morgan fingerprint density at radius 1 is 1.44 bits per heavy atom. The first-order valence-corrected chi connectivity index (χ1v) is 7.33.